The van der Waals surface area contributed by atoms with Crippen LogP contribution in [0.5, 0.6) is 0 Å². The van der Waals surface area contributed by atoms with Gasteiger partial charge in [-0.3, -0.25) is 4.57 Å². The van der Waals surface area contributed by atoms with Gasteiger partial charge in [-0.15, -0.1) is 0 Å². The topological polar surface area (TPSA) is 85.7 Å². The molecule has 4 rings (SSSR count). The number of hydrogen-bond donors (Lipinski definition) is 0. The fourth-order valence-electron chi connectivity index (χ4n) is 3.63. The summed E-state index contributed by atoms with van der Waals surface area (Å²) in [6.07, 6.45) is 7.64. The minimum absolute atomic E-state index is 0.412. The van der Waals surface area contributed by atoms with Crippen LogP contribution in [-0.4, -0.2) is 64.1 Å². The highest BCUT2D eigenvalue weighted by molar-refractivity contribution is 7.33. The van der Waals surface area contributed by atoms with Crippen LogP contribution in [0.2, 0.25) is 0 Å². The molecule has 4 aliphatic heterocycles. The standard InChI is InChI=1S/C18H31O7P/c19-26(24-3-1-13(5-15-9-20-15)6-16-10-21-16)25-4-2-14(7-17-11-22-17)8-18-12-23-18/h13-18,26H,1-12H2. The van der Waals surface area contributed by atoms with Crippen molar-refractivity contribution in [2.75, 3.05) is 39.6 Å². The van der Waals surface area contributed by atoms with Gasteiger partial charge in [0.15, 0.2) is 0 Å². The van der Waals surface area contributed by atoms with Crippen molar-refractivity contribution >= 4 is 8.25 Å². The first-order chi connectivity index (χ1) is 12.7. The Hall–Kier alpha value is -0.0100. The first kappa shape index (κ1) is 19.3. The lowest BCUT2D eigenvalue weighted by atomic mass is 9.95. The Labute approximate surface area is 155 Å². The third-order valence-corrected chi connectivity index (χ3v) is 6.37. The molecule has 0 bridgehead atoms. The van der Waals surface area contributed by atoms with E-state index in [1.54, 1.807) is 0 Å². The van der Waals surface area contributed by atoms with Crippen molar-refractivity contribution in [1.82, 2.24) is 0 Å². The van der Waals surface area contributed by atoms with Crippen molar-refractivity contribution in [3.05, 3.63) is 0 Å². The average molecular weight is 390 g/mol. The van der Waals surface area contributed by atoms with Crippen molar-refractivity contribution < 1.29 is 32.6 Å². The monoisotopic (exact) mass is 390 g/mol. The van der Waals surface area contributed by atoms with E-state index in [-0.39, 0.29) is 0 Å². The van der Waals surface area contributed by atoms with E-state index in [9.17, 15) is 4.57 Å². The summed E-state index contributed by atoms with van der Waals surface area (Å²) in [5.74, 6) is 1.04. The Morgan fingerprint density at radius 3 is 1.27 bits per heavy atom. The molecule has 4 aliphatic rings. The SMILES string of the molecule is O=[PH](OCCC(CC1CO1)CC1CO1)OCCC(CC1CO1)CC1CO1. The fourth-order valence-corrected chi connectivity index (χ4v) is 4.28. The highest BCUT2D eigenvalue weighted by Gasteiger charge is 2.33. The quantitative estimate of drug-likeness (QED) is 0.296. The van der Waals surface area contributed by atoms with Crippen molar-refractivity contribution in [3.63, 3.8) is 0 Å². The molecule has 7 nitrogen and oxygen atoms in total. The van der Waals surface area contributed by atoms with E-state index >= 15 is 0 Å². The molecule has 8 heteroatoms. The molecule has 0 aromatic heterocycles. The Kier molecular flexibility index (Phi) is 7.03. The van der Waals surface area contributed by atoms with Crippen LogP contribution in [0.25, 0.3) is 0 Å². The normalized spacial score (nSPS) is 34.9. The second-order valence-electron chi connectivity index (χ2n) is 8.02. The van der Waals surface area contributed by atoms with Gasteiger partial charge in [0.1, 0.15) is 0 Å². The average Bonchev–Trinajstić information content (AvgIpc) is 3.43. The molecule has 0 amide bonds. The van der Waals surface area contributed by atoms with Gasteiger partial charge in [-0.25, -0.2) is 0 Å². The predicted octanol–water partition coefficient (Wildman–Crippen LogP) is 2.58. The van der Waals surface area contributed by atoms with Gasteiger partial charge < -0.3 is 28.0 Å². The first-order valence-corrected chi connectivity index (χ1v) is 11.2. The summed E-state index contributed by atoms with van der Waals surface area (Å²) in [4.78, 5) is 0. The highest BCUT2D eigenvalue weighted by Crippen LogP contribution is 2.33. The molecular weight excluding hydrogens is 359 g/mol. The lowest BCUT2D eigenvalue weighted by Gasteiger charge is -2.16. The van der Waals surface area contributed by atoms with E-state index in [2.05, 4.69) is 0 Å². The van der Waals surface area contributed by atoms with Gasteiger partial charge in [0.05, 0.1) is 64.1 Å². The van der Waals surface area contributed by atoms with Gasteiger partial charge in [0.2, 0.25) is 0 Å². The molecule has 0 aromatic rings. The van der Waals surface area contributed by atoms with Crippen LogP contribution in [-0.2, 0) is 32.6 Å². The maximum Gasteiger partial charge on any atom is 0.319 e. The Morgan fingerprint density at radius 2 is 1.00 bits per heavy atom. The molecule has 4 heterocycles. The van der Waals surface area contributed by atoms with E-state index in [1.165, 1.54) is 0 Å². The van der Waals surface area contributed by atoms with Gasteiger partial charge in [-0.2, -0.15) is 0 Å². The minimum Gasteiger partial charge on any atom is -0.373 e. The third-order valence-electron chi connectivity index (χ3n) is 5.49. The molecule has 4 fully saturated rings. The predicted molar refractivity (Wildman–Crippen MR) is 94.5 cm³/mol. The molecule has 4 unspecified atom stereocenters. The van der Waals surface area contributed by atoms with Gasteiger partial charge >= 0.3 is 8.25 Å². The van der Waals surface area contributed by atoms with Gasteiger partial charge in [0.25, 0.3) is 0 Å². The van der Waals surface area contributed by atoms with Crippen LogP contribution < -0.4 is 0 Å². The van der Waals surface area contributed by atoms with Crippen molar-refractivity contribution in [3.8, 4) is 0 Å². The Balaban J connectivity index is 1.06. The number of ether oxygens (including phenoxy) is 4. The molecule has 0 radical (unpaired) electrons. The summed E-state index contributed by atoms with van der Waals surface area (Å²) in [6, 6.07) is 0. The van der Waals surface area contributed by atoms with Gasteiger partial charge in [0, 0.05) is 0 Å². The maximum atomic E-state index is 12.0. The molecule has 4 atom stereocenters. The molecule has 0 N–H and O–H groups in total. The molecule has 0 saturated carbocycles. The number of epoxide rings is 4. The van der Waals surface area contributed by atoms with Gasteiger partial charge in [-0.1, -0.05) is 0 Å². The Morgan fingerprint density at radius 1 is 0.692 bits per heavy atom. The smallest absolute Gasteiger partial charge is 0.319 e. The van der Waals surface area contributed by atoms with E-state index in [0.29, 0.717) is 49.5 Å². The van der Waals surface area contributed by atoms with Crippen molar-refractivity contribution in [1.29, 1.82) is 0 Å². The summed E-state index contributed by atoms with van der Waals surface area (Å²) in [5.41, 5.74) is 0. The zero-order valence-electron chi connectivity index (χ0n) is 15.3. The number of hydrogen-bond acceptors (Lipinski definition) is 7. The van der Waals surface area contributed by atoms with Gasteiger partial charge in [-0.05, 0) is 50.4 Å². The lowest BCUT2D eigenvalue weighted by Crippen LogP contribution is -2.11. The summed E-state index contributed by atoms with van der Waals surface area (Å²) in [7, 11) is -2.41. The molecule has 0 spiro atoms. The zero-order chi connectivity index (χ0) is 17.8. The second kappa shape index (κ2) is 9.46. The fraction of sp³-hybridized carbons (Fsp3) is 1.00. The van der Waals surface area contributed by atoms with Crippen LogP contribution in [0.4, 0.5) is 0 Å². The van der Waals surface area contributed by atoms with E-state index in [4.69, 9.17) is 28.0 Å². The Bertz CT molecular complexity index is 392. The lowest BCUT2D eigenvalue weighted by molar-refractivity contribution is 0.187. The zero-order valence-corrected chi connectivity index (χ0v) is 16.3. The molecule has 150 valence electrons. The summed E-state index contributed by atoms with van der Waals surface area (Å²) in [5, 5.41) is 0. The molecule has 4 saturated heterocycles. The summed E-state index contributed by atoms with van der Waals surface area (Å²) in [6.45, 7) is 4.47. The van der Waals surface area contributed by atoms with Crippen LogP contribution >= 0.6 is 8.25 Å². The first-order valence-electron chi connectivity index (χ1n) is 10.0. The molecule has 26 heavy (non-hydrogen) atoms. The van der Waals surface area contributed by atoms with Crippen LogP contribution in [0.15, 0.2) is 0 Å². The van der Waals surface area contributed by atoms with E-state index < -0.39 is 8.25 Å². The van der Waals surface area contributed by atoms with E-state index in [0.717, 1.165) is 65.0 Å². The molecular formula is C18H31O7P. The van der Waals surface area contributed by atoms with E-state index in [1.807, 2.05) is 0 Å². The third kappa shape index (κ3) is 7.93. The molecule has 0 aliphatic carbocycles. The largest absolute Gasteiger partial charge is 0.373 e. The van der Waals surface area contributed by atoms with Crippen molar-refractivity contribution in [2.24, 2.45) is 11.8 Å². The molecule has 0 aromatic carbocycles. The minimum atomic E-state index is -2.41. The maximum absolute atomic E-state index is 12.0. The van der Waals surface area contributed by atoms with Crippen LogP contribution in [0.3, 0.4) is 0 Å². The van der Waals surface area contributed by atoms with Crippen molar-refractivity contribution in [2.45, 2.75) is 62.9 Å². The summed E-state index contributed by atoms with van der Waals surface area (Å²) < 4.78 is 44.2. The second-order valence-corrected chi connectivity index (χ2v) is 9.10. The van der Waals surface area contributed by atoms with Crippen LogP contribution in [0.1, 0.15) is 38.5 Å². The highest BCUT2D eigenvalue weighted by atomic mass is 31.1. The number of rotatable bonds is 16. The van der Waals surface area contributed by atoms with Crippen LogP contribution in [0, 0.1) is 11.8 Å². The summed E-state index contributed by atoms with van der Waals surface area (Å²) >= 11 is 0.